The van der Waals surface area contributed by atoms with Gasteiger partial charge in [-0.15, -0.1) is 0 Å². The minimum atomic E-state index is -3.07. The summed E-state index contributed by atoms with van der Waals surface area (Å²) in [6, 6.07) is 0.755. The Morgan fingerprint density at radius 1 is 1.30 bits per heavy atom. The first-order valence-corrected chi connectivity index (χ1v) is 10.6. The van der Waals surface area contributed by atoms with Crippen LogP contribution in [0.3, 0.4) is 0 Å². The van der Waals surface area contributed by atoms with E-state index in [-0.39, 0.29) is 55.1 Å². The number of halogens is 4. The van der Waals surface area contributed by atoms with E-state index in [9.17, 15) is 27.2 Å². The molecule has 2 amide bonds. The minimum absolute atomic E-state index is 0.0136. The lowest BCUT2D eigenvalue weighted by atomic mass is 9.81. The standard InChI is InChI=1S/C20H24F4N6O3/c21-19(22)3-1-10(2-4-19)16(25)14-8-30-15(27-14)6-12(28-18(32)33)13(29-30)5-11-7-20(23,24)9-26-17(11)31/h6,8,10-11,16,28H,1-5,7,9,25H2,(H,26,31)(H,32,33). The predicted molar refractivity (Wildman–Crippen MR) is 108 cm³/mol. The molecule has 1 saturated carbocycles. The van der Waals surface area contributed by atoms with Gasteiger partial charge in [-0.1, -0.05) is 0 Å². The zero-order valence-corrected chi connectivity index (χ0v) is 17.5. The van der Waals surface area contributed by atoms with Crippen LogP contribution < -0.4 is 16.4 Å². The molecule has 2 aliphatic rings. The fourth-order valence-corrected chi connectivity index (χ4v) is 4.46. The second-order valence-electron chi connectivity index (χ2n) is 8.80. The Balaban J connectivity index is 1.61. The fourth-order valence-electron chi connectivity index (χ4n) is 4.46. The third-order valence-electron chi connectivity index (χ3n) is 6.28. The summed E-state index contributed by atoms with van der Waals surface area (Å²) in [7, 11) is 0. The summed E-state index contributed by atoms with van der Waals surface area (Å²) >= 11 is 0. The van der Waals surface area contributed by atoms with Gasteiger partial charge in [-0.3, -0.25) is 10.1 Å². The van der Waals surface area contributed by atoms with E-state index < -0.39 is 48.8 Å². The van der Waals surface area contributed by atoms with E-state index in [1.54, 1.807) is 0 Å². The summed E-state index contributed by atoms with van der Waals surface area (Å²) in [5, 5.41) is 17.8. The first-order valence-electron chi connectivity index (χ1n) is 10.6. The third-order valence-corrected chi connectivity index (χ3v) is 6.28. The van der Waals surface area contributed by atoms with Gasteiger partial charge in [0.15, 0.2) is 5.65 Å². The van der Waals surface area contributed by atoms with Crippen molar-refractivity contribution in [2.75, 3.05) is 11.9 Å². The number of nitrogens with one attached hydrogen (secondary N) is 2. The Morgan fingerprint density at radius 2 is 2.00 bits per heavy atom. The van der Waals surface area contributed by atoms with E-state index in [0.717, 1.165) is 0 Å². The van der Waals surface area contributed by atoms with Crippen LogP contribution >= 0.6 is 0 Å². The number of carbonyl (C=O) groups is 2. The Hall–Kier alpha value is -2.96. The fraction of sp³-hybridized carbons (Fsp3) is 0.600. The van der Waals surface area contributed by atoms with Gasteiger partial charge < -0.3 is 16.2 Å². The molecule has 0 bridgehead atoms. The molecule has 180 valence electrons. The zero-order chi connectivity index (χ0) is 24.0. The molecule has 4 rings (SSSR count). The van der Waals surface area contributed by atoms with Crippen LogP contribution in [0.1, 0.15) is 49.5 Å². The van der Waals surface area contributed by atoms with Gasteiger partial charge in [0.05, 0.1) is 35.9 Å². The van der Waals surface area contributed by atoms with Crippen LogP contribution in [0.4, 0.5) is 28.0 Å². The van der Waals surface area contributed by atoms with Crippen molar-refractivity contribution in [3.8, 4) is 0 Å². The van der Waals surface area contributed by atoms with E-state index in [1.807, 2.05) is 0 Å². The molecular formula is C20H24F4N6O3. The van der Waals surface area contributed by atoms with Gasteiger partial charge in [0.2, 0.25) is 11.8 Å². The highest BCUT2D eigenvalue weighted by atomic mass is 19.3. The summed E-state index contributed by atoms with van der Waals surface area (Å²) < 4.78 is 55.9. The number of fused-ring (bicyclic) bond motifs is 1. The highest BCUT2D eigenvalue weighted by Gasteiger charge is 2.41. The van der Waals surface area contributed by atoms with Gasteiger partial charge >= 0.3 is 6.09 Å². The number of hydrogen-bond donors (Lipinski definition) is 4. The molecule has 1 aliphatic heterocycles. The van der Waals surface area contributed by atoms with Crippen molar-refractivity contribution < 1.29 is 32.3 Å². The molecule has 1 saturated heterocycles. The van der Waals surface area contributed by atoms with E-state index in [1.165, 1.54) is 16.8 Å². The van der Waals surface area contributed by atoms with Gasteiger partial charge in [-0.25, -0.2) is 31.9 Å². The number of nitrogens with two attached hydrogens (primary N) is 1. The molecule has 2 aromatic rings. The predicted octanol–water partition coefficient (Wildman–Crippen LogP) is 2.96. The summed E-state index contributed by atoms with van der Waals surface area (Å²) in [6.07, 6.45) is -0.788. The van der Waals surface area contributed by atoms with Gasteiger partial charge in [0, 0.05) is 37.7 Å². The maximum Gasteiger partial charge on any atom is 0.409 e. The van der Waals surface area contributed by atoms with Crippen LogP contribution in [0.15, 0.2) is 12.3 Å². The average molecular weight is 472 g/mol. The number of piperidine rings is 1. The second kappa shape index (κ2) is 8.43. The van der Waals surface area contributed by atoms with Gasteiger partial charge in [-0.05, 0) is 18.8 Å². The van der Waals surface area contributed by atoms with Crippen molar-refractivity contribution in [2.45, 2.75) is 56.4 Å². The molecule has 5 N–H and O–H groups in total. The van der Waals surface area contributed by atoms with Gasteiger partial charge in [-0.2, -0.15) is 5.10 Å². The Kier molecular flexibility index (Phi) is 5.93. The molecule has 1 aliphatic carbocycles. The topological polar surface area (TPSA) is 135 Å². The van der Waals surface area contributed by atoms with Crippen LogP contribution in [-0.4, -0.2) is 50.1 Å². The number of carboxylic acid groups (broad SMARTS) is 1. The number of carbonyl (C=O) groups excluding carboxylic acids is 1. The Morgan fingerprint density at radius 3 is 2.67 bits per heavy atom. The van der Waals surface area contributed by atoms with E-state index in [0.29, 0.717) is 5.69 Å². The molecule has 13 heteroatoms. The maximum absolute atomic E-state index is 13.8. The number of imidazole rings is 1. The normalized spacial score (nSPS) is 23.8. The van der Waals surface area contributed by atoms with Crippen LogP contribution in [0, 0.1) is 11.8 Å². The van der Waals surface area contributed by atoms with Crippen LogP contribution in [0.25, 0.3) is 5.65 Å². The number of nitrogens with zero attached hydrogens (tertiary/aromatic N) is 3. The second-order valence-corrected chi connectivity index (χ2v) is 8.80. The highest BCUT2D eigenvalue weighted by molar-refractivity contribution is 5.85. The quantitative estimate of drug-likeness (QED) is 0.495. The lowest BCUT2D eigenvalue weighted by molar-refractivity contribution is -0.136. The van der Waals surface area contributed by atoms with Gasteiger partial charge in [0.25, 0.3) is 5.92 Å². The van der Waals surface area contributed by atoms with Crippen LogP contribution in [-0.2, 0) is 11.2 Å². The lowest BCUT2D eigenvalue weighted by Gasteiger charge is -2.31. The van der Waals surface area contributed by atoms with Crippen molar-refractivity contribution in [1.29, 1.82) is 0 Å². The number of alkyl halides is 4. The van der Waals surface area contributed by atoms with Crippen molar-refractivity contribution >= 4 is 23.3 Å². The molecule has 0 spiro atoms. The number of aromatic nitrogens is 3. The molecule has 0 aromatic carbocycles. The average Bonchev–Trinajstić information content (AvgIpc) is 3.12. The number of amides is 2. The number of anilines is 1. The monoisotopic (exact) mass is 472 g/mol. The third kappa shape index (κ3) is 5.18. The van der Waals surface area contributed by atoms with Crippen molar-refractivity contribution in [3.63, 3.8) is 0 Å². The smallest absolute Gasteiger partial charge is 0.409 e. The summed E-state index contributed by atoms with van der Waals surface area (Å²) in [4.78, 5) is 27.7. The number of rotatable bonds is 5. The first kappa shape index (κ1) is 23.2. The van der Waals surface area contributed by atoms with E-state index >= 15 is 0 Å². The molecular weight excluding hydrogens is 448 g/mol. The molecule has 3 heterocycles. The highest BCUT2D eigenvalue weighted by Crippen LogP contribution is 2.40. The molecule has 2 unspecified atom stereocenters. The molecule has 2 fully saturated rings. The van der Waals surface area contributed by atoms with E-state index in [4.69, 9.17) is 10.8 Å². The SMILES string of the molecule is NC(c1cn2nc(CC3CC(F)(F)CNC3=O)c(NC(=O)O)cc2n1)C1CCC(F)(F)CC1. The van der Waals surface area contributed by atoms with Gasteiger partial charge in [0.1, 0.15) is 0 Å². The Labute approximate surface area is 185 Å². The first-order chi connectivity index (χ1) is 15.4. The lowest BCUT2D eigenvalue weighted by Crippen LogP contribution is -2.48. The van der Waals surface area contributed by atoms with Crippen molar-refractivity contribution in [1.82, 2.24) is 19.9 Å². The maximum atomic E-state index is 13.8. The molecule has 33 heavy (non-hydrogen) atoms. The molecule has 0 radical (unpaired) electrons. The van der Waals surface area contributed by atoms with Crippen LogP contribution in [0.5, 0.6) is 0 Å². The van der Waals surface area contributed by atoms with Crippen molar-refractivity contribution in [2.24, 2.45) is 17.6 Å². The summed E-state index contributed by atoms with van der Waals surface area (Å²) in [5.41, 5.74) is 7.03. The molecule has 2 atom stereocenters. The largest absolute Gasteiger partial charge is 0.465 e. The van der Waals surface area contributed by atoms with Crippen molar-refractivity contribution in [3.05, 3.63) is 23.7 Å². The minimum Gasteiger partial charge on any atom is -0.465 e. The van der Waals surface area contributed by atoms with E-state index in [2.05, 4.69) is 20.7 Å². The van der Waals surface area contributed by atoms with Crippen LogP contribution in [0.2, 0.25) is 0 Å². The molecule has 2 aromatic heterocycles. The summed E-state index contributed by atoms with van der Waals surface area (Å²) in [5.74, 6) is -7.62. The summed E-state index contributed by atoms with van der Waals surface area (Å²) in [6.45, 7) is -0.745. The molecule has 9 nitrogen and oxygen atoms in total. The number of hydrogen-bond acceptors (Lipinski definition) is 5. The zero-order valence-electron chi connectivity index (χ0n) is 17.5. The Bertz CT molecular complexity index is 1070.